The number of rotatable bonds is 6. The highest BCUT2D eigenvalue weighted by molar-refractivity contribution is 5.63. The number of anilines is 1. The van der Waals surface area contributed by atoms with Gasteiger partial charge in [0.15, 0.2) is 0 Å². The molecule has 3 rings (SSSR count). The highest BCUT2D eigenvalue weighted by atomic mass is 16.6. The van der Waals surface area contributed by atoms with Gasteiger partial charge in [-0.2, -0.15) is 9.38 Å². The monoisotopic (exact) mass is 326 g/mol. The lowest BCUT2D eigenvalue weighted by Gasteiger charge is -2.17. The number of aromatic nitrogens is 2. The van der Waals surface area contributed by atoms with Crippen LogP contribution in [0.25, 0.3) is 5.65 Å². The zero-order chi connectivity index (χ0) is 17.1. The summed E-state index contributed by atoms with van der Waals surface area (Å²) < 4.78 is 7.24. The first-order chi connectivity index (χ1) is 11.6. The lowest BCUT2D eigenvalue weighted by Crippen LogP contribution is -2.25. The molecule has 7 heteroatoms. The van der Waals surface area contributed by atoms with E-state index in [1.807, 2.05) is 31.2 Å². The van der Waals surface area contributed by atoms with Crippen LogP contribution < -0.4 is 9.64 Å². The van der Waals surface area contributed by atoms with E-state index in [1.165, 1.54) is 4.40 Å². The number of nitrogens with zero attached hydrogens (tertiary/aromatic N) is 4. The summed E-state index contributed by atoms with van der Waals surface area (Å²) in [5, 5.41) is 11.4. The third kappa shape index (κ3) is 3.01. The van der Waals surface area contributed by atoms with Crippen LogP contribution in [-0.4, -0.2) is 34.5 Å². The molecule has 0 saturated heterocycles. The molecule has 2 heterocycles. The first kappa shape index (κ1) is 15.8. The summed E-state index contributed by atoms with van der Waals surface area (Å²) in [5.74, 6) is 1.11. The van der Waals surface area contributed by atoms with Gasteiger partial charge in [-0.25, -0.2) is 0 Å². The van der Waals surface area contributed by atoms with E-state index in [2.05, 4.69) is 4.98 Å². The molecule has 0 aliphatic carbocycles. The van der Waals surface area contributed by atoms with Crippen molar-refractivity contribution in [3.63, 3.8) is 0 Å². The molecule has 0 N–H and O–H groups in total. The number of benzene rings is 1. The van der Waals surface area contributed by atoms with Crippen molar-refractivity contribution >= 4 is 17.3 Å². The van der Waals surface area contributed by atoms with Crippen molar-refractivity contribution in [1.82, 2.24) is 9.38 Å². The van der Waals surface area contributed by atoms with Crippen LogP contribution in [0.1, 0.15) is 5.56 Å². The zero-order valence-corrected chi connectivity index (χ0v) is 13.5. The number of hydrogen-bond acceptors (Lipinski definition) is 5. The second kappa shape index (κ2) is 6.57. The number of likely N-dealkylation sites (N-methyl/N-ethyl adjacent to an activating group) is 1. The molecule has 0 fully saturated rings. The maximum absolute atomic E-state index is 11.4. The Kier molecular flexibility index (Phi) is 4.33. The predicted octanol–water partition coefficient (Wildman–Crippen LogP) is 3.07. The Morgan fingerprint density at radius 1 is 1.25 bits per heavy atom. The average Bonchev–Trinajstić information content (AvgIpc) is 2.96. The SMILES string of the molecule is Cc1ccccc1OCCN(C)c1nc2ccccn2c1[N+](=O)[O-]. The van der Waals surface area contributed by atoms with Crippen molar-refractivity contribution in [2.45, 2.75) is 6.92 Å². The van der Waals surface area contributed by atoms with Crippen molar-refractivity contribution in [2.75, 3.05) is 25.1 Å². The van der Waals surface area contributed by atoms with Crippen LogP contribution in [0.2, 0.25) is 0 Å². The smallest absolute Gasteiger partial charge is 0.372 e. The van der Waals surface area contributed by atoms with E-state index in [-0.39, 0.29) is 5.82 Å². The van der Waals surface area contributed by atoms with Gasteiger partial charge in [0.2, 0.25) is 11.5 Å². The van der Waals surface area contributed by atoms with Gasteiger partial charge >= 0.3 is 5.82 Å². The minimum atomic E-state index is -0.409. The summed E-state index contributed by atoms with van der Waals surface area (Å²) >= 11 is 0. The second-order valence-electron chi connectivity index (χ2n) is 5.48. The van der Waals surface area contributed by atoms with Gasteiger partial charge in [0.1, 0.15) is 12.4 Å². The minimum absolute atomic E-state index is 0.0380. The molecule has 0 atom stereocenters. The molecule has 0 aliphatic rings. The molecule has 2 aromatic heterocycles. The largest absolute Gasteiger partial charge is 0.491 e. The van der Waals surface area contributed by atoms with E-state index in [4.69, 9.17) is 4.74 Å². The lowest BCUT2D eigenvalue weighted by molar-refractivity contribution is -0.389. The Bertz CT molecular complexity index is 875. The summed E-state index contributed by atoms with van der Waals surface area (Å²) in [6.45, 7) is 2.87. The van der Waals surface area contributed by atoms with Crippen molar-refractivity contribution in [3.8, 4) is 5.75 Å². The maximum Gasteiger partial charge on any atom is 0.372 e. The number of hydrogen-bond donors (Lipinski definition) is 0. The van der Waals surface area contributed by atoms with Crippen LogP contribution >= 0.6 is 0 Å². The molecule has 0 bridgehead atoms. The van der Waals surface area contributed by atoms with Crippen LogP contribution in [0.15, 0.2) is 48.7 Å². The first-order valence-corrected chi connectivity index (χ1v) is 7.59. The number of nitro groups is 1. The number of pyridine rings is 1. The van der Waals surface area contributed by atoms with Crippen molar-refractivity contribution in [3.05, 3.63) is 64.3 Å². The van der Waals surface area contributed by atoms with Crippen LogP contribution in [-0.2, 0) is 0 Å². The fraction of sp³-hybridized carbons (Fsp3) is 0.235. The predicted molar refractivity (Wildman–Crippen MR) is 91.8 cm³/mol. The maximum atomic E-state index is 11.4. The molecule has 0 saturated carbocycles. The quantitative estimate of drug-likeness (QED) is 0.514. The molecule has 0 aliphatic heterocycles. The first-order valence-electron chi connectivity index (χ1n) is 7.59. The van der Waals surface area contributed by atoms with E-state index in [0.29, 0.717) is 24.6 Å². The average molecular weight is 326 g/mol. The summed E-state index contributed by atoms with van der Waals surface area (Å²) in [4.78, 5) is 17.1. The molecule has 1 aromatic carbocycles. The topological polar surface area (TPSA) is 72.9 Å². The molecule has 24 heavy (non-hydrogen) atoms. The number of fused-ring (bicyclic) bond motifs is 1. The molecule has 0 amide bonds. The van der Waals surface area contributed by atoms with Crippen molar-refractivity contribution in [1.29, 1.82) is 0 Å². The van der Waals surface area contributed by atoms with Crippen LogP contribution in [0.4, 0.5) is 11.6 Å². The van der Waals surface area contributed by atoms with Crippen LogP contribution in [0, 0.1) is 17.0 Å². The molecular formula is C17H18N4O3. The van der Waals surface area contributed by atoms with Gasteiger partial charge in [0.25, 0.3) is 0 Å². The molecule has 0 unspecified atom stereocenters. The van der Waals surface area contributed by atoms with Gasteiger partial charge in [0, 0.05) is 13.1 Å². The Morgan fingerprint density at radius 3 is 2.75 bits per heavy atom. The molecule has 7 nitrogen and oxygen atoms in total. The number of ether oxygens (including phenoxy) is 1. The summed E-state index contributed by atoms with van der Waals surface area (Å²) in [6.07, 6.45) is 1.64. The molecule has 0 spiro atoms. The third-order valence-corrected chi connectivity index (χ3v) is 3.80. The molecular weight excluding hydrogens is 308 g/mol. The fourth-order valence-corrected chi connectivity index (χ4v) is 2.51. The summed E-state index contributed by atoms with van der Waals surface area (Å²) in [5.41, 5.74) is 1.60. The van der Waals surface area contributed by atoms with E-state index in [9.17, 15) is 10.1 Å². The fourth-order valence-electron chi connectivity index (χ4n) is 2.51. The third-order valence-electron chi connectivity index (χ3n) is 3.80. The Morgan fingerprint density at radius 2 is 2.00 bits per heavy atom. The van der Waals surface area contributed by atoms with Gasteiger partial charge < -0.3 is 19.8 Å². The lowest BCUT2D eigenvalue weighted by atomic mass is 10.2. The highest BCUT2D eigenvalue weighted by Gasteiger charge is 2.25. The molecule has 3 aromatic rings. The Hall–Kier alpha value is -3.09. The molecule has 124 valence electrons. The van der Waals surface area contributed by atoms with E-state index in [0.717, 1.165) is 11.3 Å². The van der Waals surface area contributed by atoms with Crippen molar-refractivity contribution in [2.24, 2.45) is 0 Å². The number of aryl methyl sites for hydroxylation is 1. The van der Waals surface area contributed by atoms with E-state index >= 15 is 0 Å². The Balaban J connectivity index is 1.76. The number of para-hydroxylation sites is 1. The van der Waals surface area contributed by atoms with Crippen LogP contribution in [0.5, 0.6) is 5.75 Å². The van der Waals surface area contributed by atoms with Gasteiger partial charge in [-0.1, -0.05) is 24.3 Å². The van der Waals surface area contributed by atoms with Gasteiger partial charge in [0.05, 0.1) is 12.7 Å². The number of imidazole rings is 1. The minimum Gasteiger partial charge on any atom is -0.491 e. The summed E-state index contributed by atoms with van der Waals surface area (Å²) in [6, 6.07) is 13.0. The van der Waals surface area contributed by atoms with Crippen molar-refractivity contribution < 1.29 is 9.66 Å². The van der Waals surface area contributed by atoms with Gasteiger partial charge in [-0.05, 0) is 29.5 Å². The summed E-state index contributed by atoms with van der Waals surface area (Å²) in [7, 11) is 1.77. The van der Waals surface area contributed by atoms with E-state index < -0.39 is 4.92 Å². The standard InChI is InChI=1S/C17H18N4O3/c1-13-7-3-4-8-14(13)24-12-11-19(2)16-17(21(22)23)20-10-6-5-9-15(20)18-16/h3-10H,11-12H2,1-2H3. The van der Waals surface area contributed by atoms with Crippen LogP contribution in [0.3, 0.4) is 0 Å². The zero-order valence-electron chi connectivity index (χ0n) is 13.5. The van der Waals surface area contributed by atoms with Gasteiger partial charge in [-0.15, -0.1) is 0 Å². The van der Waals surface area contributed by atoms with E-state index in [1.54, 1.807) is 36.3 Å². The second-order valence-corrected chi connectivity index (χ2v) is 5.48. The molecule has 0 radical (unpaired) electrons. The Labute approximate surface area is 139 Å². The van der Waals surface area contributed by atoms with Gasteiger partial charge in [-0.3, -0.25) is 0 Å². The highest BCUT2D eigenvalue weighted by Crippen LogP contribution is 2.27. The normalized spacial score (nSPS) is 10.8.